The van der Waals surface area contributed by atoms with Gasteiger partial charge in [0.15, 0.2) is 0 Å². The molecule has 0 aliphatic heterocycles. The standard InChI is InChI=1S/C28H35ClO/c1-5-10-24(18-17-23(4)29)19-20-25-11-8-13-26(14-9-12-25)21-27-15-6-7-16-28(27)30-22(2)3/h5-7,10-11,14-18,22H,1,4,8-9,12-13,19-21H2,2-3H3. The molecular weight excluding hydrogens is 388 g/mol. The van der Waals surface area contributed by atoms with Crippen molar-refractivity contribution in [2.24, 2.45) is 0 Å². The number of para-hydroxylation sites is 1. The molecule has 30 heavy (non-hydrogen) atoms. The second-order valence-corrected chi connectivity index (χ2v) is 8.50. The molecule has 2 rings (SSSR count). The number of benzene rings is 1. The largest absolute Gasteiger partial charge is 0.491 e. The Morgan fingerprint density at radius 3 is 2.50 bits per heavy atom. The third-order valence-corrected chi connectivity index (χ3v) is 5.22. The van der Waals surface area contributed by atoms with Gasteiger partial charge in [-0.1, -0.05) is 84.5 Å². The van der Waals surface area contributed by atoms with Crippen LogP contribution in [0.25, 0.3) is 0 Å². The molecule has 1 aromatic carbocycles. The van der Waals surface area contributed by atoms with Gasteiger partial charge in [0.25, 0.3) is 0 Å². The van der Waals surface area contributed by atoms with E-state index in [-0.39, 0.29) is 6.10 Å². The summed E-state index contributed by atoms with van der Waals surface area (Å²) in [4.78, 5) is 0. The molecule has 0 atom stereocenters. The van der Waals surface area contributed by atoms with Crippen molar-refractivity contribution in [1.29, 1.82) is 0 Å². The molecule has 1 aliphatic rings. The number of ether oxygens (including phenoxy) is 1. The van der Waals surface area contributed by atoms with E-state index in [0.717, 1.165) is 50.7 Å². The highest BCUT2D eigenvalue weighted by Crippen LogP contribution is 2.27. The van der Waals surface area contributed by atoms with Gasteiger partial charge in [0, 0.05) is 5.03 Å². The van der Waals surface area contributed by atoms with Gasteiger partial charge in [0.2, 0.25) is 0 Å². The van der Waals surface area contributed by atoms with Gasteiger partial charge in [-0.3, -0.25) is 0 Å². The topological polar surface area (TPSA) is 9.23 Å². The first-order valence-corrected chi connectivity index (χ1v) is 11.3. The lowest BCUT2D eigenvalue weighted by atomic mass is 9.92. The van der Waals surface area contributed by atoms with E-state index in [1.54, 1.807) is 5.57 Å². The summed E-state index contributed by atoms with van der Waals surface area (Å²) in [6.07, 6.45) is 20.3. The first-order valence-electron chi connectivity index (χ1n) is 10.9. The van der Waals surface area contributed by atoms with E-state index in [9.17, 15) is 0 Å². The summed E-state index contributed by atoms with van der Waals surface area (Å²) in [5, 5.41) is 0.549. The highest BCUT2D eigenvalue weighted by atomic mass is 35.5. The average molecular weight is 423 g/mol. The molecule has 0 N–H and O–H groups in total. The second-order valence-electron chi connectivity index (χ2n) is 8.01. The van der Waals surface area contributed by atoms with Crippen LogP contribution in [-0.4, -0.2) is 6.10 Å². The van der Waals surface area contributed by atoms with E-state index >= 15 is 0 Å². The summed E-state index contributed by atoms with van der Waals surface area (Å²) < 4.78 is 6.00. The molecule has 1 aliphatic carbocycles. The number of allylic oxidation sites excluding steroid dienone is 10. The van der Waals surface area contributed by atoms with E-state index in [1.807, 2.05) is 18.2 Å². The van der Waals surface area contributed by atoms with E-state index in [1.165, 1.54) is 16.7 Å². The lowest BCUT2D eigenvalue weighted by molar-refractivity contribution is 0.240. The lowest BCUT2D eigenvalue weighted by Crippen LogP contribution is -2.08. The summed E-state index contributed by atoms with van der Waals surface area (Å²) in [6.45, 7) is 11.7. The molecule has 1 aromatic rings. The molecule has 0 bridgehead atoms. The van der Waals surface area contributed by atoms with Crippen molar-refractivity contribution in [2.75, 3.05) is 0 Å². The van der Waals surface area contributed by atoms with Crippen LogP contribution in [0, 0.1) is 0 Å². The Morgan fingerprint density at radius 2 is 1.80 bits per heavy atom. The van der Waals surface area contributed by atoms with Crippen LogP contribution in [0.2, 0.25) is 0 Å². The van der Waals surface area contributed by atoms with E-state index in [2.05, 4.69) is 69.5 Å². The van der Waals surface area contributed by atoms with Crippen molar-refractivity contribution >= 4 is 11.6 Å². The predicted molar refractivity (Wildman–Crippen MR) is 132 cm³/mol. The maximum absolute atomic E-state index is 6.00. The Morgan fingerprint density at radius 1 is 1.10 bits per heavy atom. The Labute approximate surface area is 188 Å². The van der Waals surface area contributed by atoms with Crippen LogP contribution in [-0.2, 0) is 6.42 Å². The molecule has 1 nitrogen and oxygen atoms in total. The summed E-state index contributed by atoms with van der Waals surface area (Å²) in [7, 11) is 0. The Balaban J connectivity index is 1.92. The fourth-order valence-electron chi connectivity index (χ4n) is 3.65. The third-order valence-electron chi connectivity index (χ3n) is 5.09. The van der Waals surface area contributed by atoms with Gasteiger partial charge in [0.05, 0.1) is 6.10 Å². The maximum Gasteiger partial charge on any atom is 0.123 e. The molecule has 160 valence electrons. The predicted octanol–water partition coefficient (Wildman–Crippen LogP) is 8.64. The van der Waals surface area contributed by atoms with E-state index in [4.69, 9.17) is 16.3 Å². The molecule has 2 heteroatoms. The lowest BCUT2D eigenvalue weighted by Gasteiger charge is -2.17. The van der Waals surface area contributed by atoms with Crippen LogP contribution >= 0.6 is 11.6 Å². The molecule has 0 spiro atoms. The van der Waals surface area contributed by atoms with Crippen molar-refractivity contribution in [3.05, 3.63) is 101 Å². The fraction of sp³-hybridized carbons (Fsp3) is 0.357. The quantitative estimate of drug-likeness (QED) is 0.270. The van der Waals surface area contributed by atoms with Gasteiger partial charge < -0.3 is 4.74 Å². The molecule has 0 saturated heterocycles. The summed E-state index contributed by atoms with van der Waals surface area (Å²) >= 11 is 5.86. The first-order chi connectivity index (χ1) is 14.5. The molecule has 0 radical (unpaired) electrons. The van der Waals surface area contributed by atoms with Crippen LogP contribution in [0.5, 0.6) is 5.75 Å². The zero-order valence-corrected chi connectivity index (χ0v) is 19.3. The van der Waals surface area contributed by atoms with Crippen molar-refractivity contribution in [3.63, 3.8) is 0 Å². The molecule has 0 unspecified atom stereocenters. The van der Waals surface area contributed by atoms with Crippen molar-refractivity contribution < 1.29 is 4.74 Å². The zero-order valence-electron chi connectivity index (χ0n) is 18.5. The minimum Gasteiger partial charge on any atom is -0.491 e. The summed E-state index contributed by atoms with van der Waals surface area (Å²) in [5.74, 6) is 1.01. The highest BCUT2D eigenvalue weighted by molar-refractivity contribution is 6.30. The average Bonchev–Trinajstić information content (AvgIpc) is 2.67. The monoisotopic (exact) mass is 422 g/mol. The SMILES string of the molecule is C=CC=C(C=CC(=C)Cl)CCC1=CCCC(Cc2ccccc2OC(C)C)=CCC1. The Kier molecular flexibility index (Phi) is 10.5. The van der Waals surface area contributed by atoms with Crippen molar-refractivity contribution in [1.82, 2.24) is 0 Å². The minimum atomic E-state index is 0.195. The molecule has 0 saturated carbocycles. The number of halogens is 1. The van der Waals surface area contributed by atoms with Gasteiger partial charge >= 0.3 is 0 Å². The Hall–Kier alpha value is -2.25. The molecular formula is C28H35ClO. The number of hydrogen-bond acceptors (Lipinski definition) is 1. The minimum absolute atomic E-state index is 0.195. The summed E-state index contributed by atoms with van der Waals surface area (Å²) in [6, 6.07) is 8.43. The maximum atomic E-state index is 6.00. The summed E-state index contributed by atoms with van der Waals surface area (Å²) in [5.41, 5.74) is 5.57. The van der Waals surface area contributed by atoms with E-state index in [0.29, 0.717) is 5.03 Å². The number of rotatable bonds is 10. The van der Waals surface area contributed by atoms with Gasteiger partial charge in [-0.25, -0.2) is 0 Å². The molecule has 0 fully saturated rings. The van der Waals surface area contributed by atoms with Gasteiger partial charge in [0.1, 0.15) is 5.75 Å². The second kappa shape index (κ2) is 13.1. The van der Waals surface area contributed by atoms with Gasteiger partial charge in [-0.05, 0) is 82.1 Å². The van der Waals surface area contributed by atoms with Crippen LogP contribution in [0.4, 0.5) is 0 Å². The zero-order chi connectivity index (χ0) is 21.8. The van der Waals surface area contributed by atoms with Crippen molar-refractivity contribution in [2.45, 2.75) is 64.9 Å². The Bertz CT molecular complexity index is 836. The molecule has 0 amide bonds. The van der Waals surface area contributed by atoms with E-state index < -0.39 is 0 Å². The normalized spacial score (nSPS) is 15.4. The molecule has 0 heterocycles. The van der Waals surface area contributed by atoms with Crippen LogP contribution < -0.4 is 4.74 Å². The molecule has 0 aromatic heterocycles. The van der Waals surface area contributed by atoms with Crippen LogP contribution in [0.15, 0.2) is 95.6 Å². The third kappa shape index (κ3) is 9.05. The van der Waals surface area contributed by atoms with Gasteiger partial charge in [-0.2, -0.15) is 0 Å². The highest BCUT2D eigenvalue weighted by Gasteiger charge is 2.09. The number of hydrogen-bond donors (Lipinski definition) is 0. The first kappa shape index (κ1) is 24.0. The van der Waals surface area contributed by atoms with Crippen LogP contribution in [0.1, 0.15) is 57.9 Å². The van der Waals surface area contributed by atoms with Crippen LogP contribution in [0.3, 0.4) is 0 Å². The smallest absolute Gasteiger partial charge is 0.123 e. The fourth-order valence-corrected chi connectivity index (χ4v) is 3.72. The van der Waals surface area contributed by atoms with Crippen molar-refractivity contribution in [3.8, 4) is 5.75 Å². The van der Waals surface area contributed by atoms with Gasteiger partial charge in [-0.15, -0.1) is 0 Å².